The normalized spacial score (nSPS) is 13.7. The minimum atomic E-state index is -4.35. The summed E-state index contributed by atoms with van der Waals surface area (Å²) in [5.41, 5.74) is 0. The second kappa shape index (κ2) is 31.0. The average Bonchev–Trinajstić information content (AvgIpc) is 3.01. The van der Waals surface area contributed by atoms with Crippen molar-refractivity contribution in [1.29, 1.82) is 0 Å². The first-order valence-corrected chi connectivity index (χ1v) is 20.8. The fraction of sp³-hybridized carbons (Fsp3) is 0.946. The lowest BCUT2D eigenvalue weighted by molar-refractivity contribution is -0.870. The van der Waals surface area contributed by atoms with E-state index in [1.807, 2.05) is 21.1 Å². The topological polar surface area (TPSA) is 108 Å². The van der Waals surface area contributed by atoms with Crippen molar-refractivity contribution in [2.75, 3.05) is 47.5 Å². The highest BCUT2D eigenvalue weighted by Crippen LogP contribution is 2.43. The van der Waals surface area contributed by atoms with Gasteiger partial charge in [0.05, 0.1) is 27.7 Å². The monoisotopic (exact) mass is 693 g/mol. The van der Waals surface area contributed by atoms with E-state index in [1.165, 1.54) is 103 Å². The van der Waals surface area contributed by atoms with E-state index in [2.05, 4.69) is 13.8 Å². The van der Waals surface area contributed by atoms with Crippen LogP contribution < -0.4 is 0 Å². The zero-order valence-corrected chi connectivity index (χ0v) is 32.2. The number of ether oxygens (including phenoxy) is 2. The fourth-order valence-electron chi connectivity index (χ4n) is 5.31. The predicted molar refractivity (Wildman–Crippen MR) is 192 cm³/mol. The second-order valence-corrected chi connectivity index (χ2v) is 15.8. The maximum absolute atomic E-state index is 12.5. The van der Waals surface area contributed by atoms with Crippen LogP contribution in [0.1, 0.15) is 174 Å². The molecule has 0 aromatic rings. The Morgan fingerprint density at radius 3 is 1.36 bits per heavy atom. The molecule has 0 saturated carbocycles. The van der Waals surface area contributed by atoms with Crippen LogP contribution in [-0.4, -0.2) is 74.9 Å². The Labute approximate surface area is 289 Å². The van der Waals surface area contributed by atoms with Crippen LogP contribution in [0, 0.1) is 0 Å². The van der Waals surface area contributed by atoms with Crippen LogP contribution in [0.5, 0.6) is 0 Å². The summed E-state index contributed by atoms with van der Waals surface area (Å²) in [7, 11) is 1.49. The Morgan fingerprint density at radius 1 is 0.574 bits per heavy atom. The lowest BCUT2D eigenvalue weighted by Gasteiger charge is -2.24. The number of nitrogens with zero attached hydrogens (tertiary/aromatic N) is 1. The summed E-state index contributed by atoms with van der Waals surface area (Å²) in [5, 5.41) is 0. The lowest BCUT2D eigenvalue weighted by Crippen LogP contribution is -2.37. The molecule has 0 aliphatic heterocycles. The van der Waals surface area contributed by atoms with Crippen molar-refractivity contribution < 1.29 is 42.1 Å². The zero-order valence-electron chi connectivity index (χ0n) is 31.3. The number of hydrogen-bond acceptors (Lipinski definition) is 7. The van der Waals surface area contributed by atoms with Gasteiger partial charge in [0.2, 0.25) is 0 Å². The van der Waals surface area contributed by atoms with Gasteiger partial charge in [-0.3, -0.25) is 18.6 Å². The number of carbonyl (C=O) groups excluding carboxylic acids is 2. The summed E-state index contributed by atoms with van der Waals surface area (Å²) in [5.74, 6) is -0.797. The van der Waals surface area contributed by atoms with Crippen LogP contribution in [0.2, 0.25) is 0 Å². The first-order chi connectivity index (χ1) is 22.5. The third kappa shape index (κ3) is 34.7. The molecule has 0 amide bonds. The summed E-state index contributed by atoms with van der Waals surface area (Å²) in [6, 6.07) is 0. The van der Waals surface area contributed by atoms with Crippen LogP contribution in [0.15, 0.2) is 0 Å². The quantitative estimate of drug-likeness (QED) is 0.0303. The SMILES string of the molecule is CCCCCCCCCCCCCCCCCCC(=O)OC[C@H](COP(=O)(O)OCC[N+](C)(C)C)OC(=O)CCCCCCCCC. The van der Waals surface area contributed by atoms with Gasteiger partial charge in [-0.25, -0.2) is 4.57 Å². The van der Waals surface area contributed by atoms with Gasteiger partial charge in [0.25, 0.3) is 0 Å². The summed E-state index contributed by atoms with van der Waals surface area (Å²) >= 11 is 0. The number of unbranched alkanes of at least 4 members (excludes halogenated alkanes) is 21. The number of esters is 2. The molecule has 1 unspecified atom stereocenters. The first-order valence-electron chi connectivity index (χ1n) is 19.3. The van der Waals surface area contributed by atoms with Crippen molar-refractivity contribution in [3.8, 4) is 0 Å². The molecule has 0 saturated heterocycles. The first kappa shape index (κ1) is 46.0. The Morgan fingerprint density at radius 2 is 0.957 bits per heavy atom. The van der Waals surface area contributed by atoms with E-state index in [4.69, 9.17) is 18.5 Å². The molecule has 1 N–H and O–H groups in total. The molecule has 280 valence electrons. The minimum Gasteiger partial charge on any atom is -0.462 e. The summed E-state index contributed by atoms with van der Waals surface area (Å²) in [6.45, 7) is 4.38. The molecule has 9 nitrogen and oxygen atoms in total. The Kier molecular flexibility index (Phi) is 30.4. The van der Waals surface area contributed by atoms with Gasteiger partial charge in [0.15, 0.2) is 6.10 Å². The van der Waals surface area contributed by atoms with Crippen LogP contribution >= 0.6 is 7.82 Å². The Bertz CT molecular complexity index is 789. The van der Waals surface area contributed by atoms with Crippen LogP contribution in [0.25, 0.3) is 0 Å². The third-order valence-corrected chi connectivity index (χ3v) is 9.37. The van der Waals surface area contributed by atoms with Crippen molar-refractivity contribution in [2.24, 2.45) is 0 Å². The van der Waals surface area contributed by atoms with Gasteiger partial charge in [-0.05, 0) is 12.8 Å². The van der Waals surface area contributed by atoms with Crippen LogP contribution in [0.3, 0.4) is 0 Å². The molecule has 0 bridgehead atoms. The van der Waals surface area contributed by atoms with E-state index in [-0.39, 0.29) is 25.6 Å². The molecule has 2 atom stereocenters. The molecule has 10 heteroatoms. The zero-order chi connectivity index (χ0) is 35.1. The second-order valence-electron chi connectivity index (χ2n) is 14.3. The standard InChI is InChI=1S/C37H74NO8P/c1-6-8-10-12-14-15-16-17-18-19-20-21-22-24-25-27-29-36(39)43-33-35(34-45-47(41,42)44-32-31-38(3,4)5)46-37(40)30-28-26-23-13-11-9-7-2/h35H,6-34H2,1-5H3/p+1/t35-/m1/s1. The maximum Gasteiger partial charge on any atom is 0.472 e. The molecular weight excluding hydrogens is 617 g/mol. The van der Waals surface area contributed by atoms with E-state index in [0.29, 0.717) is 23.9 Å². The van der Waals surface area contributed by atoms with Gasteiger partial charge in [-0.2, -0.15) is 0 Å². The van der Waals surface area contributed by atoms with Crippen molar-refractivity contribution in [3.05, 3.63) is 0 Å². The van der Waals surface area contributed by atoms with E-state index < -0.39 is 26.5 Å². The van der Waals surface area contributed by atoms with Crippen molar-refractivity contribution in [3.63, 3.8) is 0 Å². The van der Waals surface area contributed by atoms with Crippen LogP contribution in [-0.2, 0) is 32.7 Å². The molecule has 0 rings (SSSR count). The summed E-state index contributed by atoms with van der Waals surface area (Å²) < 4.78 is 34.0. The average molecular weight is 693 g/mol. The summed E-state index contributed by atoms with van der Waals surface area (Å²) in [6.07, 6.45) is 27.4. The number of quaternary nitrogens is 1. The smallest absolute Gasteiger partial charge is 0.462 e. The number of phosphoric acid groups is 1. The highest BCUT2D eigenvalue weighted by Gasteiger charge is 2.27. The largest absolute Gasteiger partial charge is 0.472 e. The van der Waals surface area contributed by atoms with E-state index in [0.717, 1.165) is 38.5 Å². The van der Waals surface area contributed by atoms with Gasteiger partial charge in [0, 0.05) is 12.8 Å². The minimum absolute atomic E-state index is 0.0360. The van der Waals surface area contributed by atoms with Crippen molar-refractivity contribution >= 4 is 19.8 Å². The van der Waals surface area contributed by atoms with Gasteiger partial charge in [-0.15, -0.1) is 0 Å². The van der Waals surface area contributed by atoms with Crippen LogP contribution in [0.4, 0.5) is 0 Å². The molecule has 0 aromatic carbocycles. The van der Waals surface area contributed by atoms with E-state index in [1.54, 1.807) is 0 Å². The number of phosphoric ester groups is 1. The third-order valence-electron chi connectivity index (χ3n) is 8.39. The highest BCUT2D eigenvalue weighted by molar-refractivity contribution is 7.47. The Balaban J connectivity index is 4.27. The lowest BCUT2D eigenvalue weighted by atomic mass is 10.0. The molecule has 0 heterocycles. The van der Waals surface area contributed by atoms with Gasteiger partial charge >= 0.3 is 19.8 Å². The molecule has 0 radical (unpaired) electrons. The molecular formula is C37H75NO8P+. The molecule has 47 heavy (non-hydrogen) atoms. The van der Waals surface area contributed by atoms with E-state index in [9.17, 15) is 19.0 Å². The number of rotatable bonds is 35. The molecule has 0 fully saturated rings. The number of hydrogen-bond donors (Lipinski definition) is 1. The summed E-state index contributed by atoms with van der Waals surface area (Å²) in [4.78, 5) is 35.0. The van der Waals surface area contributed by atoms with Gasteiger partial charge in [-0.1, -0.05) is 149 Å². The van der Waals surface area contributed by atoms with Gasteiger partial charge in [0.1, 0.15) is 19.8 Å². The molecule has 0 spiro atoms. The predicted octanol–water partition coefficient (Wildman–Crippen LogP) is 10.1. The van der Waals surface area contributed by atoms with E-state index >= 15 is 0 Å². The van der Waals surface area contributed by atoms with Crippen molar-refractivity contribution in [2.45, 2.75) is 180 Å². The fourth-order valence-corrected chi connectivity index (χ4v) is 6.05. The highest BCUT2D eigenvalue weighted by atomic mass is 31.2. The molecule has 0 aliphatic rings. The molecule has 0 aromatic heterocycles. The number of likely N-dealkylation sites (N-methyl/N-ethyl adjacent to an activating group) is 1. The van der Waals surface area contributed by atoms with Gasteiger partial charge < -0.3 is 18.9 Å². The van der Waals surface area contributed by atoms with Crippen molar-refractivity contribution in [1.82, 2.24) is 0 Å². The number of carbonyl (C=O) groups is 2. The molecule has 0 aliphatic carbocycles. The Hall–Kier alpha value is -0.990. The maximum atomic E-state index is 12.5.